The third kappa shape index (κ3) is 9.64. The number of methoxy groups -OCH3 is 3. The van der Waals surface area contributed by atoms with E-state index in [-0.39, 0.29) is 11.6 Å². The Morgan fingerprint density at radius 1 is 0.725 bits per heavy atom. The largest absolute Gasteiger partial charge is 0.493 e. The van der Waals surface area contributed by atoms with Crippen LogP contribution in [-0.2, 0) is 9.59 Å². The number of hydrogen-bond acceptors (Lipinski definition) is 7. The molecule has 0 spiro atoms. The van der Waals surface area contributed by atoms with Gasteiger partial charge in [-0.25, -0.2) is 0 Å². The lowest BCUT2D eigenvalue weighted by Gasteiger charge is -2.18. The van der Waals surface area contributed by atoms with E-state index in [4.69, 9.17) is 37.4 Å². The van der Waals surface area contributed by atoms with Crippen molar-refractivity contribution in [3.8, 4) is 17.2 Å². The quantitative estimate of drug-likeness (QED) is 0.0816. The number of halogens is 2. The molecule has 3 N–H and O–H groups in total. The van der Waals surface area contributed by atoms with Crippen molar-refractivity contribution in [2.75, 3.05) is 32.0 Å². The molecule has 5 rings (SSSR count). The molecule has 9 nitrogen and oxygen atoms in total. The Kier molecular flexibility index (Phi) is 12.6. The van der Waals surface area contributed by atoms with Gasteiger partial charge in [0.15, 0.2) is 11.5 Å². The number of ether oxygens (including phenoxy) is 3. The number of carbonyl (C=O) groups is 3. The van der Waals surface area contributed by atoms with Crippen LogP contribution >= 0.6 is 35.0 Å². The summed E-state index contributed by atoms with van der Waals surface area (Å²) in [7, 11) is 4.47. The van der Waals surface area contributed by atoms with Crippen molar-refractivity contribution in [2.45, 2.75) is 10.1 Å². The third-order valence-corrected chi connectivity index (χ3v) is 9.24. The standard InChI is InChI=1S/C39H33Cl2N3O6S/c1-48-33-21-24(22-34(49-2)35(33)50-3)20-32(44-37(45)26-12-8-5-9-13-26)38(46)42-28-15-17-29(18-16-28)51-36(25-10-6-4-7-11-25)39(47)43-31-19-14-27(40)23-30(31)41/h4-23,36H,1-3H3,(H,42,46)(H,43,47)(H,44,45)/b32-20-. The van der Waals surface area contributed by atoms with Gasteiger partial charge in [0.05, 0.1) is 32.0 Å². The zero-order valence-electron chi connectivity index (χ0n) is 27.7. The van der Waals surface area contributed by atoms with Gasteiger partial charge in [-0.15, -0.1) is 11.8 Å². The Bertz CT molecular complexity index is 2020. The molecular formula is C39H33Cl2N3O6S. The summed E-state index contributed by atoms with van der Waals surface area (Å²) in [5.74, 6) is -0.178. The van der Waals surface area contributed by atoms with Gasteiger partial charge in [-0.3, -0.25) is 14.4 Å². The summed E-state index contributed by atoms with van der Waals surface area (Å²) in [5, 5.41) is 8.65. The van der Waals surface area contributed by atoms with E-state index >= 15 is 0 Å². The summed E-state index contributed by atoms with van der Waals surface area (Å²) in [5.41, 5.74) is 2.55. The van der Waals surface area contributed by atoms with Crippen LogP contribution in [0.1, 0.15) is 26.7 Å². The molecular weight excluding hydrogens is 709 g/mol. The molecule has 3 amide bonds. The highest BCUT2D eigenvalue weighted by Crippen LogP contribution is 2.39. The number of hydrogen-bond donors (Lipinski definition) is 3. The summed E-state index contributed by atoms with van der Waals surface area (Å²) in [4.78, 5) is 41.2. The zero-order chi connectivity index (χ0) is 36.3. The first kappa shape index (κ1) is 36.9. The lowest BCUT2D eigenvalue weighted by atomic mass is 10.1. The molecule has 51 heavy (non-hydrogen) atoms. The highest BCUT2D eigenvalue weighted by Gasteiger charge is 2.23. The van der Waals surface area contributed by atoms with Gasteiger partial charge in [0, 0.05) is 21.2 Å². The third-order valence-electron chi connectivity index (χ3n) is 7.42. The number of nitrogens with one attached hydrogen (secondary N) is 3. The van der Waals surface area contributed by atoms with E-state index in [2.05, 4.69) is 16.0 Å². The van der Waals surface area contributed by atoms with E-state index in [0.717, 1.165) is 10.5 Å². The average Bonchev–Trinajstić information content (AvgIpc) is 3.15. The number of carbonyl (C=O) groups excluding carboxylic acids is 3. The lowest BCUT2D eigenvalue weighted by Crippen LogP contribution is -2.30. The monoisotopic (exact) mass is 741 g/mol. The maximum atomic E-state index is 13.7. The second-order valence-corrected chi connectivity index (χ2v) is 12.9. The van der Waals surface area contributed by atoms with Crippen molar-refractivity contribution < 1.29 is 28.6 Å². The molecule has 1 atom stereocenters. The molecule has 5 aromatic rings. The molecule has 0 aliphatic carbocycles. The van der Waals surface area contributed by atoms with Gasteiger partial charge in [0.2, 0.25) is 11.7 Å². The molecule has 5 aromatic carbocycles. The van der Waals surface area contributed by atoms with Crippen molar-refractivity contribution in [1.29, 1.82) is 0 Å². The molecule has 0 saturated carbocycles. The Morgan fingerprint density at radius 3 is 1.94 bits per heavy atom. The highest BCUT2D eigenvalue weighted by molar-refractivity contribution is 8.00. The second-order valence-electron chi connectivity index (χ2n) is 10.8. The molecule has 0 radical (unpaired) electrons. The SMILES string of the molecule is COc1cc(/C=C(\NC(=O)c2ccccc2)C(=O)Nc2ccc(SC(C(=O)Nc3ccc(Cl)cc3Cl)c3ccccc3)cc2)cc(OC)c1OC. The molecule has 0 heterocycles. The van der Waals surface area contributed by atoms with E-state index in [1.54, 1.807) is 84.9 Å². The van der Waals surface area contributed by atoms with Gasteiger partial charge >= 0.3 is 0 Å². The molecule has 0 saturated heterocycles. The summed E-state index contributed by atoms with van der Waals surface area (Å²) in [6, 6.07) is 33.1. The maximum absolute atomic E-state index is 13.7. The molecule has 0 bridgehead atoms. The van der Waals surface area contributed by atoms with Crippen molar-refractivity contribution in [2.24, 2.45) is 0 Å². The Hall–Kier alpha value is -5.42. The Balaban J connectivity index is 1.38. The number of rotatable bonds is 13. The van der Waals surface area contributed by atoms with Gasteiger partial charge in [0.1, 0.15) is 10.9 Å². The average molecular weight is 743 g/mol. The molecule has 0 aromatic heterocycles. The molecule has 0 aliphatic rings. The molecule has 260 valence electrons. The Morgan fingerprint density at radius 2 is 1.35 bits per heavy atom. The van der Waals surface area contributed by atoms with Crippen LogP contribution in [0.3, 0.4) is 0 Å². The minimum absolute atomic E-state index is 0.0294. The molecule has 0 fully saturated rings. The van der Waals surface area contributed by atoms with Crippen LogP contribution in [0.4, 0.5) is 11.4 Å². The minimum atomic E-state index is -0.625. The van der Waals surface area contributed by atoms with E-state index in [1.807, 2.05) is 30.3 Å². The number of thioether (sulfide) groups is 1. The van der Waals surface area contributed by atoms with E-state index in [1.165, 1.54) is 39.2 Å². The zero-order valence-corrected chi connectivity index (χ0v) is 30.1. The van der Waals surface area contributed by atoms with E-state index in [9.17, 15) is 14.4 Å². The van der Waals surface area contributed by atoms with Crippen molar-refractivity contribution in [3.05, 3.63) is 148 Å². The fraction of sp³-hybridized carbons (Fsp3) is 0.103. The summed E-state index contributed by atoms with van der Waals surface area (Å²) in [6.45, 7) is 0. The van der Waals surface area contributed by atoms with Gasteiger partial charge < -0.3 is 30.2 Å². The predicted octanol–water partition coefficient (Wildman–Crippen LogP) is 8.90. The van der Waals surface area contributed by atoms with Crippen molar-refractivity contribution in [3.63, 3.8) is 0 Å². The molecule has 0 aliphatic heterocycles. The van der Waals surface area contributed by atoms with Crippen molar-refractivity contribution >= 4 is 70.1 Å². The fourth-order valence-electron chi connectivity index (χ4n) is 4.94. The maximum Gasteiger partial charge on any atom is 0.272 e. The van der Waals surface area contributed by atoms with Gasteiger partial charge in [-0.1, -0.05) is 71.7 Å². The Labute approximate surface area is 309 Å². The second kappa shape index (κ2) is 17.5. The number of benzene rings is 5. The van der Waals surface area contributed by atoms with Gasteiger partial charge in [-0.05, 0) is 83.9 Å². The van der Waals surface area contributed by atoms with Crippen molar-refractivity contribution in [1.82, 2.24) is 5.32 Å². The van der Waals surface area contributed by atoms with Gasteiger partial charge in [-0.2, -0.15) is 0 Å². The lowest BCUT2D eigenvalue weighted by molar-refractivity contribution is -0.116. The first-order chi connectivity index (χ1) is 24.7. The van der Waals surface area contributed by atoms with Gasteiger partial charge in [0.25, 0.3) is 11.8 Å². The summed E-state index contributed by atoms with van der Waals surface area (Å²) in [6.07, 6.45) is 1.51. The molecule has 1 unspecified atom stereocenters. The van der Waals surface area contributed by atoms with Crippen LogP contribution in [0.15, 0.2) is 126 Å². The normalized spacial score (nSPS) is 11.6. The number of amides is 3. The predicted molar refractivity (Wildman–Crippen MR) is 203 cm³/mol. The topological polar surface area (TPSA) is 115 Å². The summed E-state index contributed by atoms with van der Waals surface area (Å²) < 4.78 is 16.4. The van der Waals surface area contributed by atoms with Crippen LogP contribution < -0.4 is 30.2 Å². The van der Waals surface area contributed by atoms with Crippen LogP contribution in [0.5, 0.6) is 17.2 Å². The van der Waals surface area contributed by atoms with Crippen LogP contribution in [0, 0.1) is 0 Å². The van der Waals surface area contributed by atoms with Crippen LogP contribution in [0.2, 0.25) is 10.0 Å². The molecule has 12 heteroatoms. The highest BCUT2D eigenvalue weighted by atomic mass is 35.5. The van der Waals surface area contributed by atoms with Crippen LogP contribution in [-0.4, -0.2) is 39.1 Å². The van der Waals surface area contributed by atoms with E-state index < -0.39 is 17.1 Å². The number of anilines is 2. The first-order valence-electron chi connectivity index (χ1n) is 15.5. The summed E-state index contributed by atoms with van der Waals surface area (Å²) >= 11 is 13.7. The van der Waals surface area contributed by atoms with Crippen LogP contribution in [0.25, 0.3) is 6.08 Å². The fourth-order valence-corrected chi connectivity index (χ4v) is 6.42. The first-order valence-corrected chi connectivity index (χ1v) is 17.1. The smallest absolute Gasteiger partial charge is 0.272 e. The minimum Gasteiger partial charge on any atom is -0.493 e. The van der Waals surface area contributed by atoms with E-state index in [0.29, 0.717) is 49.8 Å².